The summed E-state index contributed by atoms with van der Waals surface area (Å²) in [6.07, 6.45) is 1.33. The summed E-state index contributed by atoms with van der Waals surface area (Å²) in [6.45, 7) is 0.0433. The van der Waals surface area contributed by atoms with Crippen molar-refractivity contribution in [3.05, 3.63) is 29.8 Å². The first kappa shape index (κ1) is 9.08. The maximum atomic E-state index is 11.3. The Hall–Kier alpha value is -2.17. The zero-order chi connectivity index (χ0) is 11.2. The molecule has 3 rings (SSSR count). The van der Waals surface area contributed by atoms with Crippen LogP contribution >= 0.6 is 0 Å². The molecule has 0 saturated heterocycles. The van der Waals surface area contributed by atoms with Crippen LogP contribution < -0.4 is 4.74 Å². The Morgan fingerprint density at radius 3 is 3.06 bits per heavy atom. The Bertz CT molecular complexity index is 536. The molecule has 0 aliphatic carbocycles. The van der Waals surface area contributed by atoms with Gasteiger partial charge in [-0.05, 0) is 12.1 Å². The Kier molecular flexibility index (Phi) is 1.65. The number of fused-ring (bicyclic) bond motifs is 3. The molecule has 80 valence electrons. The maximum absolute atomic E-state index is 11.3. The third-order valence-corrected chi connectivity index (χ3v) is 2.84. The summed E-state index contributed by atoms with van der Waals surface area (Å²) < 4.78 is 5.45. The zero-order valence-corrected chi connectivity index (χ0v) is 8.25. The van der Waals surface area contributed by atoms with Crippen LogP contribution in [-0.4, -0.2) is 29.6 Å². The molecule has 5 nitrogen and oxygen atoms in total. The van der Waals surface area contributed by atoms with E-state index in [4.69, 9.17) is 4.74 Å². The fourth-order valence-electron chi connectivity index (χ4n) is 1.93. The van der Waals surface area contributed by atoms with E-state index in [2.05, 4.69) is 10.2 Å². The lowest BCUT2D eigenvalue weighted by atomic mass is 9.80. The Labute approximate surface area is 91.1 Å². The molecule has 16 heavy (non-hydrogen) atoms. The third kappa shape index (κ3) is 0.970. The normalized spacial score (nSPS) is 25.4. The second kappa shape index (κ2) is 2.91. The minimum atomic E-state index is -1.21. The second-order valence-electron chi connectivity index (χ2n) is 3.75. The summed E-state index contributed by atoms with van der Waals surface area (Å²) in [5, 5.41) is 16.9. The Morgan fingerprint density at radius 2 is 2.25 bits per heavy atom. The number of carboxylic acids is 1. The van der Waals surface area contributed by atoms with Gasteiger partial charge in [0.2, 0.25) is 0 Å². The van der Waals surface area contributed by atoms with Crippen molar-refractivity contribution < 1.29 is 14.6 Å². The van der Waals surface area contributed by atoms with Gasteiger partial charge in [0, 0.05) is 5.56 Å². The summed E-state index contributed by atoms with van der Waals surface area (Å²) >= 11 is 0. The molecule has 2 aliphatic heterocycles. The number of carboxylic acid groups (broad SMARTS) is 1. The average Bonchev–Trinajstić information content (AvgIpc) is 2.74. The van der Waals surface area contributed by atoms with E-state index in [0.29, 0.717) is 17.0 Å². The van der Waals surface area contributed by atoms with Crippen LogP contribution in [0.3, 0.4) is 0 Å². The van der Waals surface area contributed by atoms with Gasteiger partial charge in [0.05, 0.1) is 6.21 Å². The number of para-hydroxylation sites is 1. The number of hydrogen-bond donors (Lipinski definition) is 1. The topological polar surface area (TPSA) is 71.2 Å². The van der Waals surface area contributed by atoms with Crippen LogP contribution in [0, 0.1) is 5.41 Å². The highest BCUT2D eigenvalue weighted by Crippen LogP contribution is 2.36. The first-order valence-electron chi connectivity index (χ1n) is 4.82. The average molecular weight is 216 g/mol. The van der Waals surface area contributed by atoms with Crippen LogP contribution in [0.25, 0.3) is 0 Å². The van der Waals surface area contributed by atoms with Gasteiger partial charge in [-0.3, -0.25) is 4.79 Å². The van der Waals surface area contributed by atoms with Gasteiger partial charge in [-0.2, -0.15) is 10.2 Å². The molecular formula is C11H8N2O3. The minimum absolute atomic E-state index is 0.0433. The molecule has 0 bridgehead atoms. The summed E-state index contributed by atoms with van der Waals surface area (Å²) in [6, 6.07) is 7.24. The summed E-state index contributed by atoms with van der Waals surface area (Å²) in [5.41, 5.74) is -0.0514. The zero-order valence-electron chi connectivity index (χ0n) is 8.25. The summed E-state index contributed by atoms with van der Waals surface area (Å²) in [5.74, 6) is -0.328. The van der Waals surface area contributed by atoms with Gasteiger partial charge in [0.15, 0.2) is 5.41 Å². The van der Waals surface area contributed by atoms with Crippen LogP contribution in [0.5, 0.6) is 5.75 Å². The van der Waals surface area contributed by atoms with Crippen molar-refractivity contribution in [3.8, 4) is 5.75 Å². The number of hydrogen-bond acceptors (Lipinski definition) is 4. The van der Waals surface area contributed by atoms with Crippen molar-refractivity contribution in [3.63, 3.8) is 0 Å². The van der Waals surface area contributed by atoms with Crippen LogP contribution in [-0.2, 0) is 4.79 Å². The number of carbonyl (C=O) groups is 1. The molecule has 1 N–H and O–H groups in total. The van der Waals surface area contributed by atoms with E-state index in [-0.39, 0.29) is 6.61 Å². The number of benzene rings is 1. The molecule has 2 aliphatic rings. The molecule has 1 aromatic carbocycles. The number of nitrogens with zero attached hydrogens (tertiary/aromatic N) is 2. The van der Waals surface area contributed by atoms with Gasteiger partial charge in [0.25, 0.3) is 0 Å². The molecule has 0 aromatic heterocycles. The van der Waals surface area contributed by atoms with Crippen LogP contribution in [0.1, 0.15) is 5.56 Å². The smallest absolute Gasteiger partial charge is 0.325 e. The van der Waals surface area contributed by atoms with Gasteiger partial charge in [-0.1, -0.05) is 12.1 Å². The molecule has 1 atom stereocenters. The second-order valence-corrected chi connectivity index (χ2v) is 3.75. The molecular weight excluding hydrogens is 208 g/mol. The SMILES string of the molecule is O=C(O)C12C=NN=C1c1ccccc1OC2. The lowest BCUT2D eigenvalue weighted by molar-refractivity contribution is -0.142. The quantitative estimate of drug-likeness (QED) is 0.759. The highest BCUT2D eigenvalue weighted by molar-refractivity contribution is 6.28. The van der Waals surface area contributed by atoms with E-state index in [1.807, 2.05) is 12.1 Å². The standard InChI is InChI=1S/C11H8N2O3/c14-10(15)11-5-12-13-9(11)7-3-1-2-4-8(7)16-6-11/h1-5H,6H2,(H,14,15). The Morgan fingerprint density at radius 1 is 1.44 bits per heavy atom. The highest BCUT2D eigenvalue weighted by Gasteiger charge is 2.50. The van der Waals surface area contributed by atoms with E-state index >= 15 is 0 Å². The molecule has 1 aromatic rings. The highest BCUT2D eigenvalue weighted by atomic mass is 16.5. The molecule has 0 spiro atoms. The van der Waals surface area contributed by atoms with Crippen molar-refractivity contribution in [2.75, 3.05) is 6.61 Å². The maximum Gasteiger partial charge on any atom is 0.325 e. The third-order valence-electron chi connectivity index (χ3n) is 2.84. The van der Waals surface area contributed by atoms with Crippen LogP contribution in [0.2, 0.25) is 0 Å². The van der Waals surface area contributed by atoms with Crippen molar-refractivity contribution in [1.29, 1.82) is 0 Å². The largest absolute Gasteiger partial charge is 0.491 e. The van der Waals surface area contributed by atoms with Crippen molar-refractivity contribution in [2.24, 2.45) is 15.6 Å². The summed E-state index contributed by atoms with van der Waals surface area (Å²) in [4.78, 5) is 11.3. The van der Waals surface area contributed by atoms with Crippen LogP contribution in [0.15, 0.2) is 34.5 Å². The van der Waals surface area contributed by atoms with E-state index in [1.165, 1.54) is 6.21 Å². The van der Waals surface area contributed by atoms with Gasteiger partial charge < -0.3 is 9.84 Å². The minimum Gasteiger partial charge on any atom is -0.491 e. The Balaban J connectivity index is 2.20. The van der Waals surface area contributed by atoms with Gasteiger partial charge >= 0.3 is 5.97 Å². The number of ether oxygens (including phenoxy) is 1. The number of rotatable bonds is 1. The van der Waals surface area contributed by atoms with Gasteiger partial charge in [0.1, 0.15) is 18.1 Å². The molecule has 2 heterocycles. The molecule has 0 amide bonds. The van der Waals surface area contributed by atoms with Crippen molar-refractivity contribution in [2.45, 2.75) is 0 Å². The molecule has 0 saturated carbocycles. The first-order valence-corrected chi connectivity index (χ1v) is 4.82. The summed E-state index contributed by atoms with van der Waals surface area (Å²) in [7, 11) is 0. The lowest BCUT2D eigenvalue weighted by Crippen LogP contribution is -2.47. The molecule has 0 radical (unpaired) electrons. The fraction of sp³-hybridized carbons (Fsp3) is 0.182. The van der Waals surface area contributed by atoms with Gasteiger partial charge in [-0.15, -0.1) is 0 Å². The van der Waals surface area contributed by atoms with Crippen molar-refractivity contribution in [1.82, 2.24) is 0 Å². The lowest BCUT2D eigenvalue weighted by Gasteiger charge is -2.29. The van der Waals surface area contributed by atoms with E-state index < -0.39 is 11.4 Å². The predicted molar refractivity (Wildman–Crippen MR) is 57.0 cm³/mol. The van der Waals surface area contributed by atoms with E-state index in [1.54, 1.807) is 12.1 Å². The molecule has 1 unspecified atom stereocenters. The molecule has 0 fully saturated rings. The van der Waals surface area contributed by atoms with Crippen molar-refractivity contribution >= 4 is 17.9 Å². The van der Waals surface area contributed by atoms with Crippen LogP contribution in [0.4, 0.5) is 0 Å². The van der Waals surface area contributed by atoms with Gasteiger partial charge in [-0.25, -0.2) is 0 Å². The predicted octanol–water partition coefficient (Wildman–Crippen LogP) is 0.939. The van der Waals surface area contributed by atoms with E-state index in [0.717, 1.165) is 0 Å². The molecule has 5 heteroatoms. The number of aliphatic carboxylic acids is 1. The first-order chi connectivity index (χ1) is 7.74. The monoisotopic (exact) mass is 216 g/mol. The fourth-order valence-corrected chi connectivity index (χ4v) is 1.93. The van der Waals surface area contributed by atoms with E-state index in [9.17, 15) is 9.90 Å².